The fraction of sp³-hybridized carbons (Fsp3) is 0.0952. The summed E-state index contributed by atoms with van der Waals surface area (Å²) < 4.78 is 39.3. The molecule has 3 aromatic rings. The number of sulfone groups is 1. The van der Waals surface area contributed by atoms with Gasteiger partial charge in [0.05, 0.1) is 4.90 Å². The highest BCUT2D eigenvalue weighted by Gasteiger charge is 2.29. The molecule has 0 unspecified atom stereocenters. The molecule has 138 valence electrons. The van der Waals surface area contributed by atoms with Crippen molar-refractivity contribution < 1.29 is 17.6 Å². The third-order valence-corrected chi connectivity index (χ3v) is 6.29. The van der Waals surface area contributed by atoms with E-state index in [-0.39, 0.29) is 17.0 Å². The summed E-state index contributed by atoms with van der Waals surface area (Å²) in [5.74, 6) is -0.903. The topological polar surface area (TPSA) is 63.2 Å². The van der Waals surface area contributed by atoms with Gasteiger partial charge in [0.25, 0.3) is 5.91 Å². The first-order chi connectivity index (χ1) is 13.0. The molecule has 3 aromatic carbocycles. The van der Waals surface area contributed by atoms with Crippen LogP contribution in [0.25, 0.3) is 0 Å². The van der Waals surface area contributed by atoms with Crippen LogP contribution < -0.4 is 5.32 Å². The molecule has 0 radical (unpaired) electrons. The first kappa shape index (κ1) is 18.8. The molecule has 0 spiro atoms. The molecule has 4 nitrogen and oxygen atoms in total. The lowest BCUT2D eigenvalue weighted by Gasteiger charge is -2.19. The van der Waals surface area contributed by atoms with Crippen molar-refractivity contribution in [2.75, 3.05) is 6.54 Å². The molecule has 0 aliphatic carbocycles. The van der Waals surface area contributed by atoms with Gasteiger partial charge in [0.1, 0.15) is 11.1 Å². The Labute approximate surface area is 157 Å². The summed E-state index contributed by atoms with van der Waals surface area (Å²) in [6.07, 6.45) is 0. The van der Waals surface area contributed by atoms with E-state index in [1.807, 2.05) is 0 Å². The second-order valence-electron chi connectivity index (χ2n) is 5.97. The summed E-state index contributed by atoms with van der Waals surface area (Å²) >= 11 is 0. The van der Waals surface area contributed by atoms with Crippen LogP contribution in [0.3, 0.4) is 0 Å². The zero-order valence-electron chi connectivity index (χ0n) is 14.4. The van der Waals surface area contributed by atoms with Crippen molar-refractivity contribution in [2.24, 2.45) is 0 Å². The second kappa shape index (κ2) is 8.14. The predicted molar refractivity (Wildman–Crippen MR) is 102 cm³/mol. The van der Waals surface area contributed by atoms with Gasteiger partial charge in [0, 0.05) is 12.1 Å². The number of rotatable bonds is 6. The SMILES string of the molecule is O=C(NC[C@@H](c1ccccc1)S(=O)(=O)c1ccccc1)c1ccc(F)cc1. The lowest BCUT2D eigenvalue weighted by atomic mass is 10.1. The number of carbonyl (C=O) groups excluding carboxylic acids is 1. The number of nitrogens with one attached hydrogen (secondary N) is 1. The van der Waals surface area contributed by atoms with Gasteiger partial charge >= 0.3 is 0 Å². The van der Waals surface area contributed by atoms with Gasteiger partial charge in [-0.15, -0.1) is 0 Å². The van der Waals surface area contributed by atoms with E-state index in [9.17, 15) is 17.6 Å². The van der Waals surface area contributed by atoms with Crippen molar-refractivity contribution in [1.82, 2.24) is 5.32 Å². The largest absolute Gasteiger partial charge is 0.350 e. The quantitative estimate of drug-likeness (QED) is 0.705. The molecule has 0 aliphatic rings. The fourth-order valence-electron chi connectivity index (χ4n) is 2.74. The van der Waals surface area contributed by atoms with Crippen LogP contribution in [0.4, 0.5) is 4.39 Å². The summed E-state index contributed by atoms with van der Waals surface area (Å²) in [7, 11) is -3.71. The molecule has 6 heteroatoms. The Kier molecular flexibility index (Phi) is 5.66. The van der Waals surface area contributed by atoms with Crippen molar-refractivity contribution in [3.8, 4) is 0 Å². The lowest BCUT2D eigenvalue weighted by molar-refractivity contribution is 0.0953. The normalized spacial score (nSPS) is 12.3. The maximum atomic E-state index is 13.1. The molecular formula is C21H18FNO3S. The summed E-state index contributed by atoms with van der Waals surface area (Å²) in [5.41, 5.74) is 0.848. The fourth-order valence-corrected chi connectivity index (χ4v) is 4.42. The van der Waals surface area contributed by atoms with Crippen molar-refractivity contribution in [3.05, 3.63) is 102 Å². The average molecular weight is 383 g/mol. The molecule has 0 aromatic heterocycles. The number of amides is 1. The van der Waals surface area contributed by atoms with E-state index in [1.54, 1.807) is 48.5 Å². The molecule has 1 atom stereocenters. The van der Waals surface area contributed by atoms with Crippen molar-refractivity contribution in [2.45, 2.75) is 10.1 Å². The van der Waals surface area contributed by atoms with Gasteiger partial charge in [-0.2, -0.15) is 0 Å². The molecule has 1 amide bonds. The van der Waals surface area contributed by atoms with Crippen molar-refractivity contribution >= 4 is 15.7 Å². The maximum Gasteiger partial charge on any atom is 0.251 e. The average Bonchev–Trinajstić information content (AvgIpc) is 2.70. The molecule has 0 fully saturated rings. The molecule has 1 N–H and O–H groups in total. The van der Waals surface area contributed by atoms with Crippen LogP contribution in [0.1, 0.15) is 21.2 Å². The summed E-state index contributed by atoms with van der Waals surface area (Å²) in [6, 6.07) is 22.0. The Balaban J connectivity index is 1.87. The third-order valence-electron chi connectivity index (χ3n) is 4.17. The van der Waals surface area contributed by atoms with Crippen LogP contribution in [0.15, 0.2) is 89.8 Å². The molecule has 0 bridgehead atoms. The summed E-state index contributed by atoms with van der Waals surface area (Å²) in [6.45, 7) is -0.0998. The van der Waals surface area contributed by atoms with Crippen LogP contribution in [-0.2, 0) is 9.84 Å². The van der Waals surface area contributed by atoms with E-state index in [1.165, 1.54) is 36.4 Å². The minimum absolute atomic E-state index is 0.0998. The highest BCUT2D eigenvalue weighted by atomic mass is 32.2. The Morgan fingerprint density at radius 2 is 1.41 bits per heavy atom. The molecule has 0 saturated heterocycles. The van der Waals surface area contributed by atoms with Crippen LogP contribution >= 0.6 is 0 Å². The van der Waals surface area contributed by atoms with Crippen LogP contribution in [0, 0.1) is 5.82 Å². The van der Waals surface area contributed by atoms with Gasteiger partial charge in [-0.25, -0.2) is 12.8 Å². The highest BCUT2D eigenvalue weighted by molar-refractivity contribution is 7.91. The van der Waals surface area contributed by atoms with Gasteiger partial charge in [-0.3, -0.25) is 4.79 Å². The first-order valence-corrected chi connectivity index (χ1v) is 9.91. The van der Waals surface area contributed by atoms with Crippen LogP contribution in [-0.4, -0.2) is 20.9 Å². The number of benzene rings is 3. The van der Waals surface area contributed by atoms with Crippen LogP contribution in [0.2, 0.25) is 0 Å². The van der Waals surface area contributed by atoms with Gasteiger partial charge in [-0.1, -0.05) is 48.5 Å². The minimum atomic E-state index is -3.71. The highest BCUT2D eigenvalue weighted by Crippen LogP contribution is 2.28. The van der Waals surface area contributed by atoms with E-state index in [2.05, 4.69) is 5.32 Å². The van der Waals surface area contributed by atoms with E-state index >= 15 is 0 Å². The van der Waals surface area contributed by atoms with Crippen molar-refractivity contribution in [1.29, 1.82) is 0 Å². The van der Waals surface area contributed by atoms with Crippen LogP contribution in [0.5, 0.6) is 0 Å². The Morgan fingerprint density at radius 1 is 0.852 bits per heavy atom. The predicted octanol–water partition coefficient (Wildman–Crippen LogP) is 3.77. The van der Waals surface area contributed by atoms with E-state index < -0.39 is 26.8 Å². The number of halogens is 1. The molecule has 3 rings (SSSR count). The Morgan fingerprint density at radius 3 is 2.00 bits per heavy atom. The van der Waals surface area contributed by atoms with Gasteiger partial charge in [0.2, 0.25) is 0 Å². The van der Waals surface area contributed by atoms with Gasteiger partial charge in [-0.05, 0) is 42.0 Å². The zero-order chi connectivity index (χ0) is 19.3. The Hall–Kier alpha value is -2.99. The monoisotopic (exact) mass is 383 g/mol. The van der Waals surface area contributed by atoms with Gasteiger partial charge in [0.15, 0.2) is 9.84 Å². The maximum absolute atomic E-state index is 13.1. The summed E-state index contributed by atoms with van der Waals surface area (Å²) in [5, 5.41) is 1.71. The van der Waals surface area contributed by atoms with Crippen molar-refractivity contribution in [3.63, 3.8) is 0 Å². The zero-order valence-corrected chi connectivity index (χ0v) is 15.2. The van der Waals surface area contributed by atoms with E-state index in [4.69, 9.17) is 0 Å². The molecule has 0 saturated carbocycles. The third kappa shape index (κ3) is 4.41. The van der Waals surface area contributed by atoms with Gasteiger partial charge < -0.3 is 5.32 Å². The number of carbonyl (C=O) groups is 1. The minimum Gasteiger partial charge on any atom is -0.350 e. The standard InChI is InChI=1S/C21H18FNO3S/c22-18-13-11-17(12-14-18)21(24)23-15-20(16-7-3-1-4-8-16)27(25,26)19-9-5-2-6-10-19/h1-14,20H,15H2,(H,23,24)/t20-/m0/s1. The number of hydrogen-bond acceptors (Lipinski definition) is 3. The molecule has 0 heterocycles. The molecule has 0 aliphatic heterocycles. The summed E-state index contributed by atoms with van der Waals surface area (Å²) in [4.78, 5) is 12.5. The second-order valence-corrected chi connectivity index (χ2v) is 8.10. The molecule has 27 heavy (non-hydrogen) atoms. The number of hydrogen-bond donors (Lipinski definition) is 1. The smallest absolute Gasteiger partial charge is 0.251 e. The lowest BCUT2D eigenvalue weighted by Crippen LogP contribution is -2.32. The Bertz CT molecular complexity index is 1000. The first-order valence-electron chi connectivity index (χ1n) is 8.36. The molecular weight excluding hydrogens is 365 g/mol. The van der Waals surface area contributed by atoms with E-state index in [0.717, 1.165) is 0 Å². The van der Waals surface area contributed by atoms with E-state index in [0.29, 0.717) is 5.56 Å².